The quantitative estimate of drug-likeness (QED) is 0.927. The molecule has 1 aliphatic heterocycles. The summed E-state index contributed by atoms with van der Waals surface area (Å²) in [5, 5.41) is 15.5. The first-order valence-electron chi connectivity index (χ1n) is 6.56. The SMILES string of the molecule is CCC(=O)Nc1ccc(-c2nnc3n2N=C(C)C3)cc1. The van der Waals surface area contributed by atoms with Crippen molar-refractivity contribution >= 4 is 17.3 Å². The number of hydrogen-bond donors (Lipinski definition) is 1. The number of anilines is 1. The summed E-state index contributed by atoms with van der Waals surface area (Å²) >= 11 is 0. The minimum absolute atomic E-state index is 0.00124. The highest BCUT2D eigenvalue weighted by atomic mass is 16.1. The second kappa shape index (κ2) is 4.88. The van der Waals surface area contributed by atoms with E-state index in [4.69, 9.17) is 0 Å². The van der Waals surface area contributed by atoms with Gasteiger partial charge in [-0.15, -0.1) is 10.2 Å². The Hall–Kier alpha value is -2.50. The average Bonchev–Trinajstić information content (AvgIpc) is 2.98. The Kier molecular flexibility index (Phi) is 3.06. The predicted octanol–water partition coefficient (Wildman–Crippen LogP) is 2.07. The van der Waals surface area contributed by atoms with Crippen molar-refractivity contribution in [1.82, 2.24) is 14.9 Å². The molecule has 1 aromatic heterocycles. The molecule has 0 aliphatic carbocycles. The van der Waals surface area contributed by atoms with Crippen molar-refractivity contribution in [3.63, 3.8) is 0 Å². The number of amides is 1. The molecule has 1 aromatic carbocycles. The van der Waals surface area contributed by atoms with Crippen LogP contribution in [0.3, 0.4) is 0 Å². The van der Waals surface area contributed by atoms with Crippen LogP contribution in [-0.2, 0) is 11.2 Å². The Morgan fingerprint density at radius 3 is 2.75 bits per heavy atom. The minimum atomic E-state index is 0.00124. The van der Waals surface area contributed by atoms with Gasteiger partial charge in [0.1, 0.15) is 0 Å². The zero-order chi connectivity index (χ0) is 14.1. The highest BCUT2D eigenvalue weighted by Crippen LogP contribution is 2.23. The van der Waals surface area contributed by atoms with E-state index < -0.39 is 0 Å². The number of hydrogen-bond acceptors (Lipinski definition) is 4. The van der Waals surface area contributed by atoms with Crippen LogP contribution in [-0.4, -0.2) is 26.5 Å². The lowest BCUT2D eigenvalue weighted by Gasteiger charge is -2.05. The molecule has 1 aliphatic rings. The number of nitrogens with one attached hydrogen (secondary N) is 1. The lowest BCUT2D eigenvalue weighted by molar-refractivity contribution is -0.115. The molecule has 0 fully saturated rings. The second-order valence-electron chi connectivity index (χ2n) is 4.74. The van der Waals surface area contributed by atoms with Crippen molar-refractivity contribution in [2.45, 2.75) is 26.7 Å². The smallest absolute Gasteiger partial charge is 0.224 e. The zero-order valence-electron chi connectivity index (χ0n) is 11.4. The van der Waals surface area contributed by atoms with E-state index in [0.717, 1.165) is 35.0 Å². The van der Waals surface area contributed by atoms with Crippen molar-refractivity contribution in [2.75, 3.05) is 5.32 Å². The third-order valence-corrected chi connectivity index (χ3v) is 3.14. The number of carbonyl (C=O) groups is 1. The molecule has 0 saturated heterocycles. The van der Waals surface area contributed by atoms with Gasteiger partial charge in [0.15, 0.2) is 11.6 Å². The van der Waals surface area contributed by atoms with Crippen molar-refractivity contribution in [1.29, 1.82) is 0 Å². The number of carbonyl (C=O) groups excluding carboxylic acids is 1. The maximum absolute atomic E-state index is 11.3. The average molecular weight is 269 g/mol. The van der Waals surface area contributed by atoms with Crippen molar-refractivity contribution < 1.29 is 4.79 Å². The molecular weight excluding hydrogens is 254 g/mol. The Labute approximate surface area is 116 Å². The van der Waals surface area contributed by atoms with Crippen molar-refractivity contribution in [2.24, 2.45) is 5.10 Å². The Bertz CT molecular complexity index is 684. The van der Waals surface area contributed by atoms with Crippen LogP contribution in [0.4, 0.5) is 5.69 Å². The van der Waals surface area contributed by atoms with Gasteiger partial charge in [-0.3, -0.25) is 4.79 Å². The molecule has 20 heavy (non-hydrogen) atoms. The normalized spacial score (nSPS) is 13.0. The molecule has 2 heterocycles. The summed E-state index contributed by atoms with van der Waals surface area (Å²) in [5.41, 5.74) is 2.74. The Morgan fingerprint density at radius 1 is 1.30 bits per heavy atom. The minimum Gasteiger partial charge on any atom is -0.326 e. The first-order chi connectivity index (χ1) is 9.67. The highest BCUT2D eigenvalue weighted by molar-refractivity contribution is 5.90. The molecule has 102 valence electrons. The number of nitrogens with zero attached hydrogens (tertiary/aromatic N) is 4. The summed E-state index contributed by atoms with van der Waals surface area (Å²) in [5.74, 6) is 1.59. The van der Waals surface area contributed by atoms with Gasteiger partial charge in [-0.2, -0.15) is 9.78 Å². The van der Waals surface area contributed by atoms with Gasteiger partial charge in [0, 0.05) is 29.8 Å². The van der Waals surface area contributed by atoms with Crippen LogP contribution in [0.2, 0.25) is 0 Å². The fourth-order valence-electron chi connectivity index (χ4n) is 2.09. The van der Waals surface area contributed by atoms with E-state index in [1.165, 1.54) is 0 Å². The summed E-state index contributed by atoms with van der Waals surface area (Å²) in [4.78, 5) is 11.3. The van der Waals surface area contributed by atoms with Gasteiger partial charge in [0.25, 0.3) is 0 Å². The predicted molar refractivity (Wildman–Crippen MR) is 76.6 cm³/mol. The van der Waals surface area contributed by atoms with Crippen molar-refractivity contribution in [3.8, 4) is 11.4 Å². The molecule has 1 N–H and O–H groups in total. The van der Waals surface area contributed by atoms with E-state index in [0.29, 0.717) is 6.42 Å². The molecule has 0 saturated carbocycles. The molecule has 3 rings (SSSR count). The van der Waals surface area contributed by atoms with E-state index in [-0.39, 0.29) is 5.91 Å². The molecule has 2 aromatic rings. The van der Waals surface area contributed by atoms with Gasteiger partial charge in [0.05, 0.1) is 0 Å². The second-order valence-corrected chi connectivity index (χ2v) is 4.74. The highest BCUT2D eigenvalue weighted by Gasteiger charge is 2.19. The number of aromatic nitrogens is 3. The van der Waals surface area contributed by atoms with Crippen LogP contribution >= 0.6 is 0 Å². The third kappa shape index (κ3) is 2.20. The molecule has 0 bridgehead atoms. The Morgan fingerprint density at radius 2 is 2.05 bits per heavy atom. The molecule has 1 amide bonds. The summed E-state index contributed by atoms with van der Waals surface area (Å²) in [6.07, 6.45) is 1.21. The van der Waals surface area contributed by atoms with E-state index in [1.807, 2.05) is 38.1 Å². The number of benzene rings is 1. The van der Waals surface area contributed by atoms with E-state index >= 15 is 0 Å². The van der Waals surface area contributed by atoms with Crippen LogP contribution in [0.15, 0.2) is 29.4 Å². The van der Waals surface area contributed by atoms with Gasteiger partial charge in [-0.1, -0.05) is 6.92 Å². The summed E-state index contributed by atoms with van der Waals surface area (Å²) in [6, 6.07) is 7.53. The summed E-state index contributed by atoms with van der Waals surface area (Å²) in [6.45, 7) is 3.80. The van der Waals surface area contributed by atoms with E-state index in [2.05, 4.69) is 20.6 Å². The lowest BCUT2D eigenvalue weighted by atomic mass is 10.2. The summed E-state index contributed by atoms with van der Waals surface area (Å²) < 4.78 is 1.77. The van der Waals surface area contributed by atoms with Gasteiger partial charge in [-0.05, 0) is 31.2 Å². The van der Waals surface area contributed by atoms with Gasteiger partial charge < -0.3 is 5.32 Å². The molecule has 0 radical (unpaired) electrons. The van der Waals surface area contributed by atoms with Crippen molar-refractivity contribution in [3.05, 3.63) is 30.1 Å². The first kappa shape index (κ1) is 12.5. The van der Waals surface area contributed by atoms with Crippen LogP contribution in [0.25, 0.3) is 11.4 Å². The lowest BCUT2D eigenvalue weighted by Crippen LogP contribution is -2.09. The van der Waals surface area contributed by atoms with Gasteiger partial charge in [-0.25, -0.2) is 0 Å². The standard InChI is InChI=1S/C14H15N5O/c1-3-13(20)15-11-6-4-10(5-7-11)14-17-16-12-8-9(2)18-19(12)14/h4-7H,3,8H2,1-2H3,(H,15,20). The van der Waals surface area contributed by atoms with Crippen LogP contribution < -0.4 is 5.32 Å². The molecule has 0 atom stereocenters. The first-order valence-corrected chi connectivity index (χ1v) is 6.56. The molecule has 0 unspecified atom stereocenters. The maximum atomic E-state index is 11.3. The molecule has 6 nitrogen and oxygen atoms in total. The van der Waals surface area contributed by atoms with Crippen LogP contribution in [0.1, 0.15) is 26.1 Å². The Balaban J connectivity index is 1.87. The van der Waals surface area contributed by atoms with E-state index in [1.54, 1.807) is 4.68 Å². The summed E-state index contributed by atoms with van der Waals surface area (Å²) in [7, 11) is 0. The molecular formula is C14H15N5O. The maximum Gasteiger partial charge on any atom is 0.224 e. The fourth-order valence-corrected chi connectivity index (χ4v) is 2.09. The number of fused-ring (bicyclic) bond motifs is 1. The number of rotatable bonds is 3. The topological polar surface area (TPSA) is 72.2 Å². The van der Waals surface area contributed by atoms with Crippen LogP contribution in [0.5, 0.6) is 0 Å². The van der Waals surface area contributed by atoms with Gasteiger partial charge in [0.2, 0.25) is 5.91 Å². The third-order valence-electron chi connectivity index (χ3n) is 3.14. The zero-order valence-corrected chi connectivity index (χ0v) is 11.4. The van der Waals surface area contributed by atoms with Crippen LogP contribution in [0, 0.1) is 0 Å². The molecule has 6 heteroatoms. The largest absolute Gasteiger partial charge is 0.326 e. The van der Waals surface area contributed by atoms with E-state index in [9.17, 15) is 4.79 Å². The monoisotopic (exact) mass is 269 g/mol. The fraction of sp³-hybridized carbons (Fsp3) is 0.286. The van der Waals surface area contributed by atoms with Gasteiger partial charge >= 0.3 is 0 Å². The molecule has 0 spiro atoms.